The number of anilines is 1. The van der Waals surface area contributed by atoms with Gasteiger partial charge in [0.25, 0.3) is 0 Å². The zero-order valence-corrected chi connectivity index (χ0v) is 14.2. The van der Waals surface area contributed by atoms with Gasteiger partial charge in [0.2, 0.25) is 0 Å². The van der Waals surface area contributed by atoms with E-state index in [2.05, 4.69) is 36.2 Å². The molecule has 1 aromatic carbocycles. The van der Waals surface area contributed by atoms with Gasteiger partial charge in [0.15, 0.2) is 5.65 Å². The monoisotopic (exact) mass is 372 g/mol. The molecule has 0 aliphatic heterocycles. The van der Waals surface area contributed by atoms with E-state index in [-0.39, 0.29) is 18.6 Å². The Morgan fingerprint density at radius 3 is 2.57 bits per heavy atom. The van der Waals surface area contributed by atoms with Crippen LogP contribution in [0, 0.1) is 5.92 Å². The molecule has 2 aromatic heterocycles. The Bertz CT molecular complexity index is 794. The van der Waals surface area contributed by atoms with E-state index in [4.69, 9.17) is 0 Å². The molecule has 0 aliphatic rings. The average molecular weight is 373 g/mol. The van der Waals surface area contributed by atoms with Gasteiger partial charge in [0, 0.05) is 29.4 Å². The number of nitrogens with zero attached hydrogens (tertiary/aromatic N) is 3. The first-order valence-corrected chi connectivity index (χ1v) is 8.17. The number of aromatic nitrogens is 3. The highest BCUT2D eigenvalue weighted by Gasteiger charge is 2.19. The molecule has 6 heteroatoms. The standard InChI is InChI=1S/C17H17BrN4O/c1-11(10-23)16(12-2-4-13(18)5-3-12)21-15-7-6-14-17(22-15)20-9-8-19-14/h2-9,11,16,23H,10H2,1H3,(H,20,21,22)/t11-,16-/m0/s1. The molecule has 0 amide bonds. The van der Waals surface area contributed by atoms with Crippen LogP contribution in [0.5, 0.6) is 0 Å². The quantitative estimate of drug-likeness (QED) is 0.716. The molecule has 0 radical (unpaired) electrons. The second kappa shape index (κ2) is 7.02. The van der Waals surface area contributed by atoms with Gasteiger partial charge in [0.1, 0.15) is 11.3 Å². The maximum atomic E-state index is 9.58. The lowest BCUT2D eigenvalue weighted by molar-refractivity contribution is 0.222. The van der Waals surface area contributed by atoms with E-state index in [1.165, 1.54) is 0 Å². The highest BCUT2D eigenvalue weighted by Crippen LogP contribution is 2.27. The molecule has 3 rings (SSSR count). The van der Waals surface area contributed by atoms with Crippen molar-refractivity contribution in [2.75, 3.05) is 11.9 Å². The summed E-state index contributed by atoms with van der Waals surface area (Å²) in [6.45, 7) is 2.09. The van der Waals surface area contributed by atoms with Crippen molar-refractivity contribution >= 4 is 32.9 Å². The van der Waals surface area contributed by atoms with Crippen molar-refractivity contribution in [1.82, 2.24) is 15.0 Å². The van der Waals surface area contributed by atoms with Crippen LogP contribution < -0.4 is 5.32 Å². The summed E-state index contributed by atoms with van der Waals surface area (Å²) in [6.07, 6.45) is 3.28. The molecule has 0 unspecified atom stereocenters. The lowest BCUT2D eigenvalue weighted by Gasteiger charge is -2.25. The summed E-state index contributed by atoms with van der Waals surface area (Å²) in [7, 11) is 0. The van der Waals surface area contributed by atoms with E-state index < -0.39 is 0 Å². The van der Waals surface area contributed by atoms with Crippen LogP contribution in [-0.2, 0) is 0 Å². The predicted molar refractivity (Wildman–Crippen MR) is 94.1 cm³/mol. The van der Waals surface area contributed by atoms with Gasteiger partial charge in [0.05, 0.1) is 6.04 Å². The number of pyridine rings is 1. The maximum Gasteiger partial charge on any atom is 0.180 e. The molecule has 0 spiro atoms. The molecule has 2 atom stereocenters. The topological polar surface area (TPSA) is 70.9 Å². The summed E-state index contributed by atoms with van der Waals surface area (Å²) in [5.41, 5.74) is 2.45. The summed E-state index contributed by atoms with van der Waals surface area (Å²) in [4.78, 5) is 13.0. The Balaban J connectivity index is 1.91. The van der Waals surface area contributed by atoms with Crippen LogP contribution >= 0.6 is 15.9 Å². The van der Waals surface area contributed by atoms with Crippen LogP contribution in [0.4, 0.5) is 5.82 Å². The van der Waals surface area contributed by atoms with E-state index in [1.807, 2.05) is 43.3 Å². The largest absolute Gasteiger partial charge is 0.396 e. The van der Waals surface area contributed by atoms with E-state index >= 15 is 0 Å². The molecule has 0 saturated carbocycles. The minimum Gasteiger partial charge on any atom is -0.396 e. The third-order valence-electron chi connectivity index (χ3n) is 3.72. The lowest BCUT2D eigenvalue weighted by Crippen LogP contribution is -2.22. The van der Waals surface area contributed by atoms with Crippen LogP contribution in [0.3, 0.4) is 0 Å². The van der Waals surface area contributed by atoms with Gasteiger partial charge < -0.3 is 10.4 Å². The number of halogens is 1. The maximum absolute atomic E-state index is 9.58. The summed E-state index contributed by atoms with van der Waals surface area (Å²) >= 11 is 3.45. The number of hydrogen-bond donors (Lipinski definition) is 2. The average Bonchev–Trinajstić information content (AvgIpc) is 2.60. The van der Waals surface area contributed by atoms with Gasteiger partial charge in [-0.05, 0) is 29.8 Å². The molecule has 2 heterocycles. The number of aliphatic hydroxyl groups is 1. The van der Waals surface area contributed by atoms with Crippen molar-refractivity contribution in [3.8, 4) is 0 Å². The third-order valence-corrected chi connectivity index (χ3v) is 4.25. The molecular weight excluding hydrogens is 356 g/mol. The number of rotatable bonds is 5. The van der Waals surface area contributed by atoms with Crippen LogP contribution in [0.15, 0.2) is 53.3 Å². The number of benzene rings is 1. The molecule has 0 fully saturated rings. The van der Waals surface area contributed by atoms with E-state index in [1.54, 1.807) is 12.4 Å². The second-order valence-electron chi connectivity index (χ2n) is 5.43. The van der Waals surface area contributed by atoms with Gasteiger partial charge >= 0.3 is 0 Å². The molecular formula is C17H17BrN4O. The predicted octanol–water partition coefficient (Wildman–Crippen LogP) is 3.57. The van der Waals surface area contributed by atoms with Gasteiger partial charge in [-0.1, -0.05) is 35.0 Å². The number of fused-ring (bicyclic) bond motifs is 1. The first-order chi connectivity index (χ1) is 11.2. The fourth-order valence-corrected chi connectivity index (χ4v) is 2.69. The zero-order valence-electron chi connectivity index (χ0n) is 12.6. The molecule has 0 bridgehead atoms. The molecule has 23 heavy (non-hydrogen) atoms. The fraction of sp³-hybridized carbons (Fsp3) is 0.235. The second-order valence-corrected chi connectivity index (χ2v) is 6.34. The van der Waals surface area contributed by atoms with E-state index in [0.29, 0.717) is 11.5 Å². The Morgan fingerprint density at radius 1 is 1.09 bits per heavy atom. The Kier molecular flexibility index (Phi) is 4.83. The van der Waals surface area contributed by atoms with Crippen molar-refractivity contribution in [3.63, 3.8) is 0 Å². The van der Waals surface area contributed by atoms with Crippen molar-refractivity contribution in [3.05, 3.63) is 58.8 Å². The Labute approximate surface area is 143 Å². The molecule has 118 valence electrons. The Hall–Kier alpha value is -2.05. The molecule has 0 saturated heterocycles. The molecule has 0 aliphatic carbocycles. The summed E-state index contributed by atoms with van der Waals surface area (Å²) in [6, 6.07) is 11.8. The third kappa shape index (κ3) is 3.65. The van der Waals surface area contributed by atoms with E-state index in [9.17, 15) is 5.11 Å². The SMILES string of the molecule is C[C@@H](CO)[C@H](Nc1ccc2nccnc2n1)c1ccc(Br)cc1. The van der Waals surface area contributed by atoms with E-state index in [0.717, 1.165) is 15.6 Å². The van der Waals surface area contributed by atoms with Crippen molar-refractivity contribution < 1.29 is 5.11 Å². The van der Waals surface area contributed by atoms with Crippen LogP contribution in [0.2, 0.25) is 0 Å². The van der Waals surface area contributed by atoms with Crippen LogP contribution in [0.25, 0.3) is 11.2 Å². The number of aliphatic hydroxyl groups excluding tert-OH is 1. The van der Waals surface area contributed by atoms with Crippen LogP contribution in [0.1, 0.15) is 18.5 Å². The smallest absolute Gasteiger partial charge is 0.180 e. The van der Waals surface area contributed by atoms with Gasteiger partial charge in [-0.2, -0.15) is 0 Å². The lowest BCUT2D eigenvalue weighted by atomic mass is 9.95. The van der Waals surface area contributed by atoms with Crippen LogP contribution in [-0.4, -0.2) is 26.7 Å². The fourth-order valence-electron chi connectivity index (χ4n) is 2.42. The normalized spacial score (nSPS) is 13.7. The summed E-state index contributed by atoms with van der Waals surface area (Å²) < 4.78 is 1.02. The first-order valence-electron chi connectivity index (χ1n) is 7.38. The number of hydrogen-bond acceptors (Lipinski definition) is 5. The summed E-state index contributed by atoms with van der Waals surface area (Å²) in [5, 5.41) is 13.0. The first kappa shape index (κ1) is 15.8. The van der Waals surface area contributed by atoms with Crippen molar-refractivity contribution in [1.29, 1.82) is 0 Å². The molecule has 5 nitrogen and oxygen atoms in total. The molecule has 3 aromatic rings. The Morgan fingerprint density at radius 2 is 1.83 bits per heavy atom. The molecule has 2 N–H and O–H groups in total. The van der Waals surface area contributed by atoms with Gasteiger partial charge in [-0.25, -0.2) is 9.97 Å². The highest BCUT2D eigenvalue weighted by molar-refractivity contribution is 9.10. The minimum absolute atomic E-state index is 0.0375. The highest BCUT2D eigenvalue weighted by atomic mass is 79.9. The zero-order chi connectivity index (χ0) is 16.2. The van der Waals surface area contributed by atoms with Crippen molar-refractivity contribution in [2.45, 2.75) is 13.0 Å². The summed E-state index contributed by atoms with van der Waals surface area (Å²) in [5.74, 6) is 0.752. The van der Waals surface area contributed by atoms with Gasteiger partial charge in [-0.3, -0.25) is 4.98 Å². The van der Waals surface area contributed by atoms with Gasteiger partial charge in [-0.15, -0.1) is 0 Å². The van der Waals surface area contributed by atoms with Crippen molar-refractivity contribution in [2.24, 2.45) is 5.92 Å². The number of nitrogens with one attached hydrogen (secondary N) is 1. The minimum atomic E-state index is -0.0466.